The van der Waals surface area contributed by atoms with Gasteiger partial charge in [0.2, 0.25) is 0 Å². The monoisotopic (exact) mass is 216 g/mol. The van der Waals surface area contributed by atoms with Crippen molar-refractivity contribution in [1.82, 2.24) is 9.55 Å². The van der Waals surface area contributed by atoms with Crippen molar-refractivity contribution in [3.63, 3.8) is 0 Å². The second-order valence-corrected chi connectivity index (χ2v) is 3.69. The third-order valence-corrected chi connectivity index (χ3v) is 2.38. The highest BCUT2D eigenvalue weighted by atomic mass is 16.5. The van der Waals surface area contributed by atoms with E-state index in [0.717, 1.165) is 19.6 Å². The maximum Gasteiger partial charge on any atom is 0.0945 e. The molecule has 16 heavy (non-hydrogen) atoms. The average molecular weight is 216 g/mol. The Morgan fingerprint density at radius 3 is 2.81 bits per heavy atom. The third-order valence-electron chi connectivity index (χ3n) is 2.38. The number of benzene rings is 1. The molecule has 0 spiro atoms. The average Bonchev–Trinajstić information content (AvgIpc) is 2.83. The van der Waals surface area contributed by atoms with Crippen molar-refractivity contribution in [3.05, 3.63) is 54.6 Å². The van der Waals surface area contributed by atoms with Gasteiger partial charge in [-0.2, -0.15) is 0 Å². The van der Waals surface area contributed by atoms with Crippen LogP contribution in [-0.2, 0) is 17.9 Å². The van der Waals surface area contributed by atoms with Gasteiger partial charge in [-0.05, 0) is 12.0 Å². The van der Waals surface area contributed by atoms with Gasteiger partial charge in [0.1, 0.15) is 0 Å². The van der Waals surface area contributed by atoms with Gasteiger partial charge in [-0.25, -0.2) is 4.98 Å². The molecule has 0 aliphatic heterocycles. The van der Waals surface area contributed by atoms with Crippen LogP contribution in [0.2, 0.25) is 0 Å². The lowest BCUT2D eigenvalue weighted by atomic mass is 10.2. The molecule has 0 aliphatic carbocycles. The van der Waals surface area contributed by atoms with Crippen LogP contribution < -0.4 is 0 Å². The van der Waals surface area contributed by atoms with Crippen LogP contribution in [0.3, 0.4) is 0 Å². The zero-order valence-corrected chi connectivity index (χ0v) is 9.25. The molecule has 0 aliphatic rings. The summed E-state index contributed by atoms with van der Waals surface area (Å²) in [7, 11) is 0. The Morgan fingerprint density at radius 1 is 1.19 bits per heavy atom. The van der Waals surface area contributed by atoms with Gasteiger partial charge in [-0.15, -0.1) is 0 Å². The van der Waals surface area contributed by atoms with E-state index in [1.807, 2.05) is 30.7 Å². The Kier molecular flexibility index (Phi) is 4.14. The largest absolute Gasteiger partial charge is 0.377 e. The molecule has 1 heterocycles. The van der Waals surface area contributed by atoms with Gasteiger partial charge in [-0.1, -0.05) is 30.3 Å². The summed E-state index contributed by atoms with van der Waals surface area (Å²) in [5.41, 5.74) is 1.23. The number of aryl methyl sites for hydroxylation is 1. The smallest absolute Gasteiger partial charge is 0.0945 e. The van der Waals surface area contributed by atoms with Crippen molar-refractivity contribution in [2.75, 3.05) is 6.61 Å². The van der Waals surface area contributed by atoms with Gasteiger partial charge in [0.25, 0.3) is 0 Å². The summed E-state index contributed by atoms with van der Waals surface area (Å²) in [5, 5.41) is 0. The summed E-state index contributed by atoms with van der Waals surface area (Å²) in [5.74, 6) is 0. The molecule has 0 unspecified atom stereocenters. The molecule has 2 aromatic rings. The molecule has 2 rings (SSSR count). The van der Waals surface area contributed by atoms with Crippen molar-refractivity contribution in [1.29, 1.82) is 0 Å². The second kappa shape index (κ2) is 6.08. The lowest BCUT2D eigenvalue weighted by Crippen LogP contribution is -2.01. The maximum absolute atomic E-state index is 5.58. The quantitative estimate of drug-likeness (QED) is 0.694. The molecule has 0 radical (unpaired) electrons. The van der Waals surface area contributed by atoms with Gasteiger partial charge in [0.05, 0.1) is 12.9 Å². The van der Waals surface area contributed by atoms with Crippen molar-refractivity contribution < 1.29 is 4.74 Å². The Labute approximate surface area is 95.7 Å². The standard InChI is InChI=1S/C13H16N2O/c1-2-5-13(6-3-1)11-16-10-4-8-15-9-7-14-12-15/h1-3,5-7,9,12H,4,8,10-11H2. The molecule has 0 amide bonds. The van der Waals surface area contributed by atoms with E-state index in [1.54, 1.807) is 6.20 Å². The van der Waals surface area contributed by atoms with E-state index in [1.165, 1.54) is 5.56 Å². The number of hydrogen-bond acceptors (Lipinski definition) is 2. The molecule has 0 saturated heterocycles. The van der Waals surface area contributed by atoms with Gasteiger partial charge in [0.15, 0.2) is 0 Å². The molecule has 3 heteroatoms. The van der Waals surface area contributed by atoms with Crippen LogP contribution in [0.25, 0.3) is 0 Å². The van der Waals surface area contributed by atoms with Gasteiger partial charge < -0.3 is 9.30 Å². The molecule has 84 valence electrons. The fraction of sp³-hybridized carbons (Fsp3) is 0.308. The highest BCUT2D eigenvalue weighted by Gasteiger charge is 1.93. The summed E-state index contributed by atoms with van der Waals surface area (Å²) in [4.78, 5) is 3.99. The first kappa shape index (κ1) is 10.9. The molecular formula is C13H16N2O. The summed E-state index contributed by atoms with van der Waals surface area (Å²) < 4.78 is 7.65. The van der Waals surface area contributed by atoms with Crippen LogP contribution in [-0.4, -0.2) is 16.2 Å². The first-order valence-electron chi connectivity index (χ1n) is 5.52. The lowest BCUT2D eigenvalue weighted by molar-refractivity contribution is 0.115. The Hall–Kier alpha value is -1.61. The molecule has 0 saturated carbocycles. The summed E-state index contributed by atoms with van der Waals surface area (Å²) >= 11 is 0. The number of nitrogens with zero attached hydrogens (tertiary/aromatic N) is 2. The van der Waals surface area contributed by atoms with Gasteiger partial charge in [0, 0.05) is 25.5 Å². The number of rotatable bonds is 6. The number of imidazole rings is 1. The van der Waals surface area contributed by atoms with E-state index in [4.69, 9.17) is 4.74 Å². The lowest BCUT2D eigenvalue weighted by Gasteiger charge is -2.04. The first-order valence-corrected chi connectivity index (χ1v) is 5.52. The van der Waals surface area contributed by atoms with Gasteiger partial charge >= 0.3 is 0 Å². The third kappa shape index (κ3) is 3.51. The summed E-state index contributed by atoms with van der Waals surface area (Å²) in [6, 6.07) is 10.2. The van der Waals surface area contributed by atoms with Crippen molar-refractivity contribution >= 4 is 0 Å². The highest BCUT2D eigenvalue weighted by molar-refractivity contribution is 5.13. The topological polar surface area (TPSA) is 27.1 Å². The maximum atomic E-state index is 5.58. The van der Waals surface area contributed by atoms with Crippen LogP contribution in [0, 0.1) is 0 Å². The highest BCUT2D eigenvalue weighted by Crippen LogP contribution is 2.01. The van der Waals surface area contributed by atoms with Crippen LogP contribution in [0.15, 0.2) is 49.1 Å². The predicted molar refractivity (Wildman–Crippen MR) is 62.9 cm³/mol. The zero-order valence-electron chi connectivity index (χ0n) is 9.25. The van der Waals surface area contributed by atoms with Crippen LogP contribution in [0.5, 0.6) is 0 Å². The number of ether oxygens (including phenoxy) is 1. The van der Waals surface area contributed by atoms with E-state index in [9.17, 15) is 0 Å². The fourth-order valence-corrected chi connectivity index (χ4v) is 1.53. The molecule has 0 fully saturated rings. The van der Waals surface area contributed by atoms with Crippen molar-refractivity contribution in [2.24, 2.45) is 0 Å². The zero-order chi connectivity index (χ0) is 11.1. The molecule has 0 bridgehead atoms. The number of hydrogen-bond donors (Lipinski definition) is 0. The SMILES string of the molecule is c1ccc(COCCCn2ccnc2)cc1. The van der Waals surface area contributed by atoms with E-state index in [0.29, 0.717) is 6.61 Å². The Bertz CT molecular complexity index is 384. The minimum Gasteiger partial charge on any atom is -0.377 e. The van der Waals surface area contributed by atoms with Crippen LogP contribution in [0.1, 0.15) is 12.0 Å². The molecule has 0 N–H and O–H groups in total. The van der Waals surface area contributed by atoms with E-state index in [-0.39, 0.29) is 0 Å². The van der Waals surface area contributed by atoms with E-state index < -0.39 is 0 Å². The molecular weight excluding hydrogens is 200 g/mol. The predicted octanol–water partition coefficient (Wildman–Crippen LogP) is 2.49. The molecule has 3 nitrogen and oxygen atoms in total. The fourth-order valence-electron chi connectivity index (χ4n) is 1.53. The number of aromatic nitrogens is 2. The van der Waals surface area contributed by atoms with Crippen molar-refractivity contribution in [2.45, 2.75) is 19.6 Å². The normalized spacial score (nSPS) is 10.5. The summed E-state index contributed by atoms with van der Waals surface area (Å²) in [6.45, 7) is 2.45. The van der Waals surface area contributed by atoms with Gasteiger partial charge in [-0.3, -0.25) is 0 Å². The molecule has 1 aromatic carbocycles. The van der Waals surface area contributed by atoms with E-state index >= 15 is 0 Å². The molecule has 0 atom stereocenters. The minimum atomic E-state index is 0.699. The van der Waals surface area contributed by atoms with Crippen LogP contribution in [0.4, 0.5) is 0 Å². The first-order chi connectivity index (χ1) is 7.95. The van der Waals surface area contributed by atoms with Crippen molar-refractivity contribution in [3.8, 4) is 0 Å². The van der Waals surface area contributed by atoms with Crippen LogP contribution >= 0.6 is 0 Å². The molecule has 1 aromatic heterocycles. The summed E-state index contributed by atoms with van der Waals surface area (Å²) in [6.07, 6.45) is 6.61. The second-order valence-electron chi connectivity index (χ2n) is 3.69. The Balaban J connectivity index is 1.59. The van der Waals surface area contributed by atoms with E-state index in [2.05, 4.69) is 21.7 Å². The Morgan fingerprint density at radius 2 is 2.06 bits per heavy atom. The minimum absolute atomic E-state index is 0.699.